The van der Waals surface area contributed by atoms with E-state index < -0.39 is 23.7 Å². The van der Waals surface area contributed by atoms with Crippen molar-refractivity contribution in [2.45, 2.75) is 19.4 Å². The van der Waals surface area contributed by atoms with Crippen LogP contribution in [-0.4, -0.2) is 30.8 Å². The molecule has 0 aliphatic heterocycles. The predicted octanol–water partition coefficient (Wildman–Crippen LogP) is 2.74. The fourth-order valence-electron chi connectivity index (χ4n) is 2.32. The summed E-state index contributed by atoms with van der Waals surface area (Å²) in [7, 11) is 1.27. The maximum absolute atomic E-state index is 13.0. The van der Waals surface area contributed by atoms with Crippen LogP contribution in [0.3, 0.4) is 0 Å². The summed E-state index contributed by atoms with van der Waals surface area (Å²) in [5.74, 6) is -1.74. The molecule has 0 fully saturated rings. The molecule has 130 valence electrons. The summed E-state index contributed by atoms with van der Waals surface area (Å²) in [6, 6.07) is 11.0. The molecule has 0 saturated heterocycles. The molecule has 0 aliphatic carbocycles. The third-order valence-corrected chi connectivity index (χ3v) is 3.60. The molecule has 5 nitrogen and oxygen atoms in total. The summed E-state index contributed by atoms with van der Waals surface area (Å²) in [5.41, 5.74) is 0.676. The molecule has 1 atom stereocenters. The highest BCUT2D eigenvalue weighted by Gasteiger charge is 2.20. The zero-order valence-corrected chi connectivity index (χ0v) is 13.9. The average molecular weight is 343 g/mol. The van der Waals surface area contributed by atoms with Gasteiger partial charge in [0, 0.05) is 17.2 Å². The molecule has 2 aromatic rings. The van der Waals surface area contributed by atoms with E-state index in [0.29, 0.717) is 0 Å². The van der Waals surface area contributed by atoms with E-state index in [4.69, 9.17) is 0 Å². The summed E-state index contributed by atoms with van der Waals surface area (Å²) in [6.07, 6.45) is 0.0241. The van der Waals surface area contributed by atoms with E-state index in [1.807, 2.05) is 0 Å². The minimum absolute atomic E-state index is 0.0241. The number of nitrogens with one attached hydrogen (secondary N) is 1. The van der Waals surface area contributed by atoms with Gasteiger partial charge in [-0.15, -0.1) is 0 Å². The molecule has 1 amide bonds. The molecule has 0 radical (unpaired) electrons. The van der Waals surface area contributed by atoms with E-state index in [-0.39, 0.29) is 28.9 Å². The first-order valence-electron chi connectivity index (χ1n) is 7.69. The van der Waals surface area contributed by atoms with Crippen molar-refractivity contribution in [3.8, 4) is 0 Å². The summed E-state index contributed by atoms with van der Waals surface area (Å²) in [5, 5.41) is 2.67. The third-order valence-electron chi connectivity index (χ3n) is 3.60. The number of halogens is 1. The minimum atomic E-state index is -0.470. The van der Waals surface area contributed by atoms with Gasteiger partial charge in [0.1, 0.15) is 5.82 Å². The van der Waals surface area contributed by atoms with Crippen LogP contribution in [0.25, 0.3) is 0 Å². The van der Waals surface area contributed by atoms with E-state index in [9.17, 15) is 18.8 Å². The Bertz CT molecular complexity index is 786. The number of carbonyl (C=O) groups excluding carboxylic acids is 3. The number of methoxy groups -OCH3 is 1. The van der Waals surface area contributed by atoms with E-state index >= 15 is 0 Å². The van der Waals surface area contributed by atoms with Crippen molar-refractivity contribution in [2.24, 2.45) is 0 Å². The highest BCUT2D eigenvalue weighted by atomic mass is 19.1. The number of amides is 1. The molecule has 0 saturated carbocycles. The van der Waals surface area contributed by atoms with E-state index in [1.165, 1.54) is 43.5 Å². The first-order chi connectivity index (χ1) is 11.9. The number of hydrogen-bond acceptors (Lipinski definition) is 4. The van der Waals surface area contributed by atoms with E-state index in [1.54, 1.807) is 19.1 Å². The van der Waals surface area contributed by atoms with Crippen LogP contribution in [0.15, 0.2) is 48.5 Å². The summed E-state index contributed by atoms with van der Waals surface area (Å²) in [4.78, 5) is 36.3. The smallest absolute Gasteiger partial charge is 0.307 e. The first kappa shape index (κ1) is 18.3. The zero-order valence-electron chi connectivity index (χ0n) is 13.9. The SMILES string of the molecule is COC(=O)CC(C)NC(=O)c1ccccc1C(=O)c1ccc(F)cc1. The summed E-state index contributed by atoms with van der Waals surface area (Å²) in [6.45, 7) is 1.67. The van der Waals surface area contributed by atoms with Gasteiger partial charge in [-0.25, -0.2) is 4.39 Å². The molecule has 0 heterocycles. The summed E-state index contributed by atoms with van der Waals surface area (Å²) >= 11 is 0. The van der Waals surface area contributed by atoms with Gasteiger partial charge in [0.05, 0.1) is 19.1 Å². The maximum Gasteiger partial charge on any atom is 0.307 e. The van der Waals surface area contributed by atoms with Crippen molar-refractivity contribution in [3.63, 3.8) is 0 Å². The minimum Gasteiger partial charge on any atom is -0.469 e. The molecular weight excluding hydrogens is 325 g/mol. The number of carbonyl (C=O) groups is 3. The van der Waals surface area contributed by atoms with Gasteiger partial charge in [0.2, 0.25) is 0 Å². The molecule has 0 spiro atoms. The molecule has 2 rings (SSSR count). The van der Waals surface area contributed by atoms with Crippen molar-refractivity contribution in [1.82, 2.24) is 5.32 Å². The largest absolute Gasteiger partial charge is 0.469 e. The Morgan fingerprint density at radius 2 is 1.64 bits per heavy atom. The Morgan fingerprint density at radius 3 is 2.24 bits per heavy atom. The number of rotatable bonds is 6. The Morgan fingerprint density at radius 1 is 1.04 bits per heavy atom. The number of ether oxygens (including phenoxy) is 1. The number of benzene rings is 2. The molecule has 1 N–H and O–H groups in total. The molecule has 0 aliphatic rings. The standard InChI is InChI=1S/C19H18FNO4/c1-12(11-17(22)25-2)21-19(24)16-6-4-3-5-15(16)18(23)13-7-9-14(20)10-8-13/h3-10,12H,11H2,1-2H3,(H,21,24). The Kier molecular flexibility index (Phi) is 6.00. The molecule has 25 heavy (non-hydrogen) atoms. The van der Waals surface area contributed by atoms with Crippen LogP contribution >= 0.6 is 0 Å². The van der Waals surface area contributed by atoms with Gasteiger partial charge in [-0.3, -0.25) is 14.4 Å². The van der Waals surface area contributed by atoms with Gasteiger partial charge in [-0.1, -0.05) is 18.2 Å². The van der Waals surface area contributed by atoms with Gasteiger partial charge in [0.15, 0.2) is 5.78 Å². The van der Waals surface area contributed by atoms with Crippen molar-refractivity contribution >= 4 is 17.7 Å². The number of esters is 1. The summed E-state index contributed by atoms with van der Waals surface area (Å²) < 4.78 is 17.6. The first-order valence-corrected chi connectivity index (χ1v) is 7.69. The lowest BCUT2D eigenvalue weighted by atomic mass is 9.97. The molecule has 0 aromatic heterocycles. The Labute approximate surface area is 144 Å². The zero-order chi connectivity index (χ0) is 18.4. The lowest BCUT2D eigenvalue weighted by Crippen LogP contribution is -2.35. The number of ketones is 1. The number of hydrogen-bond donors (Lipinski definition) is 1. The van der Waals surface area contributed by atoms with Gasteiger partial charge in [0.25, 0.3) is 5.91 Å². The van der Waals surface area contributed by atoms with Gasteiger partial charge >= 0.3 is 5.97 Å². The van der Waals surface area contributed by atoms with E-state index in [0.717, 1.165) is 0 Å². The second kappa shape index (κ2) is 8.19. The lowest BCUT2D eigenvalue weighted by Gasteiger charge is -2.14. The normalized spacial score (nSPS) is 11.5. The Balaban J connectivity index is 2.22. The van der Waals surface area contributed by atoms with Gasteiger partial charge < -0.3 is 10.1 Å². The van der Waals surface area contributed by atoms with Crippen LogP contribution in [0.4, 0.5) is 4.39 Å². The van der Waals surface area contributed by atoms with Crippen LogP contribution in [0.5, 0.6) is 0 Å². The van der Waals surface area contributed by atoms with Crippen molar-refractivity contribution < 1.29 is 23.5 Å². The quantitative estimate of drug-likeness (QED) is 0.647. The lowest BCUT2D eigenvalue weighted by molar-refractivity contribution is -0.141. The highest BCUT2D eigenvalue weighted by molar-refractivity contribution is 6.15. The van der Waals surface area contributed by atoms with Crippen LogP contribution in [-0.2, 0) is 9.53 Å². The van der Waals surface area contributed by atoms with Crippen LogP contribution in [0.2, 0.25) is 0 Å². The second-order valence-electron chi connectivity index (χ2n) is 5.54. The van der Waals surface area contributed by atoms with Gasteiger partial charge in [-0.2, -0.15) is 0 Å². The van der Waals surface area contributed by atoms with Crippen molar-refractivity contribution in [1.29, 1.82) is 0 Å². The fraction of sp³-hybridized carbons (Fsp3) is 0.211. The molecule has 2 aromatic carbocycles. The van der Waals surface area contributed by atoms with Crippen LogP contribution in [0.1, 0.15) is 39.6 Å². The molecule has 1 unspecified atom stereocenters. The molecule has 0 bridgehead atoms. The molecule has 6 heteroatoms. The average Bonchev–Trinajstić information content (AvgIpc) is 2.61. The second-order valence-corrected chi connectivity index (χ2v) is 5.54. The van der Waals surface area contributed by atoms with Crippen LogP contribution in [0, 0.1) is 5.82 Å². The Hall–Kier alpha value is -3.02. The van der Waals surface area contributed by atoms with Crippen molar-refractivity contribution in [3.05, 3.63) is 71.0 Å². The van der Waals surface area contributed by atoms with Gasteiger partial charge in [-0.05, 0) is 37.3 Å². The third kappa shape index (κ3) is 4.73. The van der Waals surface area contributed by atoms with Crippen molar-refractivity contribution in [2.75, 3.05) is 7.11 Å². The fourth-order valence-corrected chi connectivity index (χ4v) is 2.32. The predicted molar refractivity (Wildman–Crippen MR) is 89.8 cm³/mol. The topological polar surface area (TPSA) is 72.5 Å². The van der Waals surface area contributed by atoms with Crippen LogP contribution < -0.4 is 5.32 Å². The highest BCUT2D eigenvalue weighted by Crippen LogP contribution is 2.16. The maximum atomic E-state index is 13.0. The molecular formula is C19H18FNO4. The monoisotopic (exact) mass is 343 g/mol. The van der Waals surface area contributed by atoms with E-state index in [2.05, 4.69) is 10.1 Å².